The molecule has 0 fully saturated rings. The molecule has 0 aromatic rings. The molecule has 6 nitrogen and oxygen atoms in total. The van der Waals surface area contributed by atoms with Gasteiger partial charge in [0.15, 0.2) is 6.10 Å². The predicted octanol–water partition coefficient (Wildman–Crippen LogP) is 19.4. The summed E-state index contributed by atoms with van der Waals surface area (Å²) in [5.41, 5.74) is 0. The van der Waals surface area contributed by atoms with Gasteiger partial charge in [-0.15, -0.1) is 0 Å². The van der Waals surface area contributed by atoms with Crippen LogP contribution in [0.25, 0.3) is 0 Å². The van der Waals surface area contributed by atoms with Crippen LogP contribution in [-0.2, 0) is 28.6 Å². The van der Waals surface area contributed by atoms with Crippen LogP contribution in [0.15, 0.2) is 134 Å². The van der Waals surface area contributed by atoms with Crippen LogP contribution in [0.3, 0.4) is 0 Å². The molecule has 0 saturated heterocycles. The molecule has 0 spiro atoms. The lowest BCUT2D eigenvalue weighted by atomic mass is 10.1. The van der Waals surface area contributed by atoms with Crippen molar-refractivity contribution < 1.29 is 28.6 Å². The van der Waals surface area contributed by atoms with Crippen molar-refractivity contribution in [3.63, 3.8) is 0 Å². The number of rotatable bonds is 50. The average molecular weight is 982 g/mol. The second kappa shape index (κ2) is 58.1. The highest BCUT2D eigenvalue weighted by Crippen LogP contribution is 2.14. The van der Waals surface area contributed by atoms with Crippen molar-refractivity contribution in [3.8, 4) is 0 Å². The maximum atomic E-state index is 12.9. The zero-order valence-corrected chi connectivity index (χ0v) is 45.7. The van der Waals surface area contributed by atoms with Crippen LogP contribution in [0, 0.1) is 0 Å². The van der Waals surface area contributed by atoms with Gasteiger partial charge in [-0.1, -0.05) is 251 Å². The van der Waals surface area contributed by atoms with Gasteiger partial charge in [0.2, 0.25) is 0 Å². The van der Waals surface area contributed by atoms with Gasteiger partial charge >= 0.3 is 17.9 Å². The average Bonchev–Trinajstić information content (AvgIpc) is 3.37. The van der Waals surface area contributed by atoms with Crippen molar-refractivity contribution in [2.24, 2.45) is 0 Å². The summed E-state index contributed by atoms with van der Waals surface area (Å²) in [4.78, 5) is 38.2. The first-order valence-electron chi connectivity index (χ1n) is 28.8. The lowest BCUT2D eigenvalue weighted by Gasteiger charge is -2.18. The fraction of sp³-hybridized carbons (Fsp3) is 0.615. The number of hydrogen-bond acceptors (Lipinski definition) is 6. The Balaban J connectivity index is 4.49. The summed E-state index contributed by atoms with van der Waals surface area (Å²) in [6.45, 7) is 6.29. The second-order valence-corrected chi connectivity index (χ2v) is 18.6. The van der Waals surface area contributed by atoms with Crippen molar-refractivity contribution >= 4 is 17.9 Å². The summed E-state index contributed by atoms with van der Waals surface area (Å²) >= 11 is 0. The molecule has 0 aliphatic rings. The van der Waals surface area contributed by atoms with E-state index in [1.807, 2.05) is 24.3 Å². The number of esters is 3. The molecule has 0 aliphatic heterocycles. The van der Waals surface area contributed by atoms with Crippen LogP contribution in [0.2, 0.25) is 0 Å². The van der Waals surface area contributed by atoms with Gasteiger partial charge in [-0.05, 0) is 103 Å². The molecule has 0 rings (SSSR count). The van der Waals surface area contributed by atoms with Crippen molar-refractivity contribution in [1.29, 1.82) is 0 Å². The Hall–Kier alpha value is -4.45. The molecular weight excluding hydrogens is 877 g/mol. The number of allylic oxidation sites excluding steroid dienone is 22. The highest BCUT2D eigenvalue weighted by atomic mass is 16.6. The van der Waals surface area contributed by atoms with E-state index in [0.717, 1.165) is 141 Å². The summed E-state index contributed by atoms with van der Waals surface area (Å²) in [5, 5.41) is 0. The fourth-order valence-electron chi connectivity index (χ4n) is 7.50. The normalized spacial score (nSPS) is 13.1. The molecule has 0 saturated carbocycles. The summed E-state index contributed by atoms with van der Waals surface area (Å²) in [5.74, 6) is -0.947. The largest absolute Gasteiger partial charge is 0.462 e. The quantitative estimate of drug-likeness (QED) is 0.0199. The Labute approximate surface area is 436 Å². The highest BCUT2D eigenvalue weighted by Gasteiger charge is 2.19. The van der Waals surface area contributed by atoms with E-state index in [1.54, 1.807) is 0 Å². The molecule has 0 bridgehead atoms. The van der Waals surface area contributed by atoms with Crippen LogP contribution in [0.1, 0.15) is 239 Å². The van der Waals surface area contributed by atoms with E-state index in [2.05, 4.69) is 130 Å². The third-order valence-corrected chi connectivity index (χ3v) is 11.7. The molecule has 400 valence electrons. The summed E-state index contributed by atoms with van der Waals surface area (Å²) in [7, 11) is 0. The predicted molar refractivity (Wildman–Crippen MR) is 306 cm³/mol. The lowest BCUT2D eigenvalue weighted by Crippen LogP contribution is -2.30. The molecular formula is C65H104O6. The van der Waals surface area contributed by atoms with E-state index >= 15 is 0 Å². The molecule has 0 aliphatic carbocycles. The SMILES string of the molecule is CC/C=C\C/C=C\C/C=C\CCCCCCCCCCCC(=O)OCC(COC(=O)CCCCCCCC/C=C\C/C=C\C/C=C\CC)OC(=O)CCCCCCC\C=C/C=C\C=C/C=C\C=C/CCC. The van der Waals surface area contributed by atoms with Gasteiger partial charge in [0.1, 0.15) is 13.2 Å². The van der Waals surface area contributed by atoms with Gasteiger partial charge < -0.3 is 14.2 Å². The molecule has 0 aromatic heterocycles. The Morgan fingerprint density at radius 1 is 0.310 bits per heavy atom. The zero-order chi connectivity index (χ0) is 51.4. The first kappa shape index (κ1) is 66.6. The smallest absolute Gasteiger partial charge is 0.306 e. The number of ether oxygens (including phenoxy) is 3. The molecule has 0 N–H and O–H groups in total. The number of carbonyl (C=O) groups excluding carboxylic acids is 3. The Bertz CT molecular complexity index is 1550. The van der Waals surface area contributed by atoms with Crippen molar-refractivity contribution in [3.05, 3.63) is 134 Å². The van der Waals surface area contributed by atoms with Crippen LogP contribution >= 0.6 is 0 Å². The monoisotopic (exact) mass is 981 g/mol. The van der Waals surface area contributed by atoms with Crippen molar-refractivity contribution in [2.45, 2.75) is 245 Å². The van der Waals surface area contributed by atoms with Gasteiger partial charge in [0.25, 0.3) is 0 Å². The standard InChI is InChI=1S/C65H104O6/c1-4-7-10-13-16-19-22-25-28-31-33-35-37-40-43-46-49-52-55-58-64(67)70-61-62(60-69-63(66)57-54-51-48-45-42-39-36-30-27-24-21-18-15-12-9-6-3)71-65(68)59-56-53-50-47-44-41-38-34-32-29-26-23-20-17-14-11-8-5-2/h7,9-12,14,16-21,23,25-30,32,34,38,62H,4-6,8,13,15,22,24,31,33,35-37,39-61H2,1-3H3/b10-7-,12-9-,14-11-,19-16-,20-17-,21-18-,26-23-,28-25-,30-27-,32-29-,38-34-. The lowest BCUT2D eigenvalue weighted by molar-refractivity contribution is -0.167. The third-order valence-electron chi connectivity index (χ3n) is 11.7. The molecule has 0 amide bonds. The number of unbranched alkanes of at least 4 members (excludes halogenated alkanes) is 21. The first-order valence-corrected chi connectivity index (χ1v) is 28.8. The topological polar surface area (TPSA) is 78.9 Å². The molecule has 1 atom stereocenters. The number of carbonyl (C=O) groups is 3. The Kier molecular flexibility index (Phi) is 54.5. The second-order valence-electron chi connectivity index (χ2n) is 18.6. The van der Waals surface area contributed by atoms with Gasteiger partial charge in [0.05, 0.1) is 0 Å². The van der Waals surface area contributed by atoms with E-state index in [9.17, 15) is 14.4 Å². The van der Waals surface area contributed by atoms with Gasteiger partial charge in [0, 0.05) is 19.3 Å². The van der Waals surface area contributed by atoms with E-state index in [-0.39, 0.29) is 31.1 Å². The summed E-state index contributed by atoms with van der Waals surface area (Å²) < 4.78 is 16.8. The van der Waals surface area contributed by atoms with Crippen LogP contribution in [0.5, 0.6) is 0 Å². The minimum absolute atomic E-state index is 0.100. The van der Waals surface area contributed by atoms with Gasteiger partial charge in [-0.25, -0.2) is 0 Å². The minimum atomic E-state index is -0.805. The Morgan fingerprint density at radius 3 is 0.986 bits per heavy atom. The molecule has 0 aromatic carbocycles. The summed E-state index contributed by atoms with van der Waals surface area (Å²) in [6.07, 6.45) is 81.4. The highest BCUT2D eigenvalue weighted by molar-refractivity contribution is 5.71. The number of hydrogen-bond donors (Lipinski definition) is 0. The fourth-order valence-corrected chi connectivity index (χ4v) is 7.50. The van der Waals surface area contributed by atoms with E-state index < -0.39 is 6.10 Å². The summed E-state index contributed by atoms with van der Waals surface area (Å²) in [6, 6.07) is 0. The van der Waals surface area contributed by atoms with Crippen LogP contribution in [-0.4, -0.2) is 37.2 Å². The van der Waals surface area contributed by atoms with Crippen molar-refractivity contribution in [2.75, 3.05) is 13.2 Å². The molecule has 6 heteroatoms. The van der Waals surface area contributed by atoms with Crippen LogP contribution < -0.4 is 0 Å². The molecule has 0 radical (unpaired) electrons. The maximum absolute atomic E-state index is 12.9. The van der Waals surface area contributed by atoms with E-state index in [1.165, 1.54) is 57.8 Å². The maximum Gasteiger partial charge on any atom is 0.306 e. The van der Waals surface area contributed by atoms with Gasteiger partial charge in [-0.3, -0.25) is 14.4 Å². The van der Waals surface area contributed by atoms with E-state index in [0.29, 0.717) is 19.3 Å². The third kappa shape index (κ3) is 56.3. The molecule has 71 heavy (non-hydrogen) atoms. The van der Waals surface area contributed by atoms with Gasteiger partial charge in [-0.2, -0.15) is 0 Å². The molecule has 0 heterocycles. The van der Waals surface area contributed by atoms with E-state index in [4.69, 9.17) is 14.2 Å². The minimum Gasteiger partial charge on any atom is -0.462 e. The Morgan fingerprint density at radius 2 is 0.606 bits per heavy atom. The first-order chi connectivity index (χ1) is 35.0. The van der Waals surface area contributed by atoms with Crippen molar-refractivity contribution in [1.82, 2.24) is 0 Å². The zero-order valence-electron chi connectivity index (χ0n) is 45.7. The molecule has 1 unspecified atom stereocenters. The van der Waals surface area contributed by atoms with Crippen LogP contribution in [0.4, 0.5) is 0 Å².